The van der Waals surface area contributed by atoms with Gasteiger partial charge < -0.3 is 39.4 Å². The molecular formula is C38H40O11. The van der Waals surface area contributed by atoms with Gasteiger partial charge in [-0.1, -0.05) is 13.0 Å². The molecular weight excluding hydrogens is 632 g/mol. The van der Waals surface area contributed by atoms with Gasteiger partial charge in [-0.3, -0.25) is 14.4 Å². The fourth-order valence-corrected chi connectivity index (χ4v) is 7.86. The number of hydrogen-bond acceptors (Lipinski definition) is 11. The molecule has 0 bridgehead atoms. The summed E-state index contributed by atoms with van der Waals surface area (Å²) >= 11 is 0. The number of ether oxygens (including phenoxy) is 4. The third-order valence-electron chi connectivity index (χ3n) is 10.4. The van der Waals surface area contributed by atoms with Crippen molar-refractivity contribution in [1.82, 2.24) is 0 Å². The number of ketones is 3. The summed E-state index contributed by atoms with van der Waals surface area (Å²) < 4.78 is 24.1. The zero-order valence-electron chi connectivity index (χ0n) is 27.7. The Morgan fingerprint density at radius 1 is 0.816 bits per heavy atom. The van der Waals surface area contributed by atoms with Crippen LogP contribution in [-0.2, 0) is 23.7 Å². The van der Waals surface area contributed by atoms with E-state index in [1.807, 2.05) is 13.8 Å². The van der Waals surface area contributed by atoms with Crippen LogP contribution in [0.3, 0.4) is 0 Å². The number of aromatic hydroxyl groups is 3. The molecule has 2 fully saturated rings. The van der Waals surface area contributed by atoms with Gasteiger partial charge >= 0.3 is 0 Å². The number of hydrogen-bond donors (Lipinski definition) is 4. The molecule has 0 unspecified atom stereocenters. The van der Waals surface area contributed by atoms with Crippen LogP contribution in [-0.4, -0.2) is 80.9 Å². The first-order valence-electron chi connectivity index (χ1n) is 16.8. The van der Waals surface area contributed by atoms with Crippen molar-refractivity contribution in [3.05, 3.63) is 75.9 Å². The van der Waals surface area contributed by atoms with Crippen LogP contribution >= 0.6 is 0 Å². The second-order valence-corrected chi connectivity index (χ2v) is 13.9. The van der Waals surface area contributed by atoms with Crippen LogP contribution in [0.2, 0.25) is 0 Å². The lowest BCUT2D eigenvalue weighted by Gasteiger charge is -2.42. The van der Waals surface area contributed by atoms with Crippen LogP contribution in [0.25, 0.3) is 10.8 Å². The van der Waals surface area contributed by atoms with Gasteiger partial charge in [-0.25, -0.2) is 0 Å². The maximum Gasteiger partial charge on any atom is 0.198 e. The van der Waals surface area contributed by atoms with Gasteiger partial charge in [0.05, 0.1) is 35.5 Å². The minimum Gasteiger partial charge on any atom is -0.507 e. The molecule has 258 valence electrons. The van der Waals surface area contributed by atoms with E-state index in [4.69, 9.17) is 18.9 Å². The first kappa shape index (κ1) is 33.4. The van der Waals surface area contributed by atoms with E-state index in [1.165, 1.54) is 24.3 Å². The minimum absolute atomic E-state index is 0.0178. The number of aliphatic hydroxyl groups is 1. The molecule has 7 rings (SSSR count). The summed E-state index contributed by atoms with van der Waals surface area (Å²) in [4.78, 5) is 39.2. The van der Waals surface area contributed by atoms with Gasteiger partial charge in [0.15, 0.2) is 29.9 Å². The maximum atomic E-state index is 13.9. The van der Waals surface area contributed by atoms with Crippen LogP contribution < -0.4 is 0 Å². The largest absolute Gasteiger partial charge is 0.507 e. The molecule has 11 heteroatoms. The molecule has 2 aliphatic carbocycles. The highest BCUT2D eigenvalue weighted by atomic mass is 16.7. The lowest BCUT2D eigenvalue weighted by molar-refractivity contribution is -0.278. The summed E-state index contributed by atoms with van der Waals surface area (Å²) in [6.07, 6.45) is 1.22. The number of aryl methyl sites for hydroxylation is 1. The molecule has 3 aromatic rings. The average molecular weight is 673 g/mol. The Morgan fingerprint density at radius 2 is 1.55 bits per heavy atom. The molecule has 0 radical (unpaired) electrons. The number of phenolic OH excluding ortho intramolecular Hbond substituents is 3. The summed E-state index contributed by atoms with van der Waals surface area (Å²) in [6.45, 7) is 7.26. The third-order valence-corrected chi connectivity index (χ3v) is 10.4. The van der Waals surface area contributed by atoms with E-state index in [0.717, 1.165) is 0 Å². The number of fused-ring (bicyclic) bond motifs is 3. The van der Waals surface area contributed by atoms with Crippen molar-refractivity contribution in [3.8, 4) is 17.2 Å². The highest BCUT2D eigenvalue weighted by molar-refractivity contribution is 6.32. The summed E-state index contributed by atoms with van der Waals surface area (Å²) in [7, 11) is 0. The topological polar surface area (TPSA) is 169 Å². The molecule has 49 heavy (non-hydrogen) atoms. The van der Waals surface area contributed by atoms with Gasteiger partial charge in [0.25, 0.3) is 0 Å². The zero-order valence-corrected chi connectivity index (χ0v) is 27.7. The van der Waals surface area contributed by atoms with Crippen molar-refractivity contribution in [3.63, 3.8) is 0 Å². The van der Waals surface area contributed by atoms with Gasteiger partial charge in [-0.2, -0.15) is 0 Å². The van der Waals surface area contributed by atoms with Crippen molar-refractivity contribution in [2.45, 2.75) is 102 Å². The standard InChI is InChI=1S/C38H40O11/c1-16-11-24-23(27(40)12-16)15-25-33(36(24)44)35(43)22-6-5-21(34(42)32(22)37(25)45)20-13-17(2)38(28(41)14-20)49-31-10-8-29(19(4)47-31)48-30-9-7-26(39)18(3)46-30/h5-7,9,11-12,15,17-20,28-31,38,40-42,44H,8,10,13-14H2,1-4H3/t17-,18-,19-,20+,28+,29-,30-,31-,38+/m0/s1. The molecule has 1 saturated heterocycles. The summed E-state index contributed by atoms with van der Waals surface area (Å²) in [5.41, 5.74) is 0.682. The summed E-state index contributed by atoms with van der Waals surface area (Å²) in [5, 5.41) is 44.9. The lowest BCUT2D eigenvalue weighted by Crippen LogP contribution is -2.48. The molecule has 0 spiro atoms. The fourth-order valence-electron chi connectivity index (χ4n) is 7.86. The van der Waals surface area contributed by atoms with Gasteiger partial charge in [0.2, 0.25) is 0 Å². The molecule has 4 N–H and O–H groups in total. The van der Waals surface area contributed by atoms with Gasteiger partial charge in [0, 0.05) is 28.3 Å². The molecule has 2 aliphatic heterocycles. The Balaban J connectivity index is 1.05. The minimum atomic E-state index is -0.898. The van der Waals surface area contributed by atoms with Gasteiger partial charge in [-0.05, 0) is 99.4 Å². The Labute approximate surface area is 283 Å². The van der Waals surface area contributed by atoms with E-state index in [2.05, 4.69) is 0 Å². The molecule has 11 nitrogen and oxygen atoms in total. The quantitative estimate of drug-likeness (QED) is 0.223. The molecule has 4 aliphatic rings. The highest BCUT2D eigenvalue weighted by Crippen LogP contribution is 2.47. The second-order valence-electron chi connectivity index (χ2n) is 13.9. The van der Waals surface area contributed by atoms with Gasteiger partial charge in [0.1, 0.15) is 23.4 Å². The number of carbonyl (C=O) groups is 3. The van der Waals surface area contributed by atoms with Crippen LogP contribution in [0, 0.1) is 12.8 Å². The number of aliphatic hydroxyl groups excluding tert-OH is 1. The Hall–Kier alpha value is -4.13. The summed E-state index contributed by atoms with van der Waals surface area (Å²) in [6, 6.07) is 7.62. The fraction of sp³-hybridized carbons (Fsp3) is 0.447. The van der Waals surface area contributed by atoms with Gasteiger partial charge in [-0.15, -0.1) is 0 Å². The molecule has 0 amide bonds. The van der Waals surface area contributed by atoms with Crippen LogP contribution in [0.5, 0.6) is 17.2 Å². The predicted molar refractivity (Wildman–Crippen MR) is 176 cm³/mol. The SMILES string of the molecule is Cc1cc(O)c2cc3c(c(O)c2c1)C(=O)c1ccc([C@H]2C[C@@H](O)[C@H](O[C@H]4CC[C@H](O[C@H]5C=CC(=O)[C@H](C)O5)[C@H](C)O4)[C@@H](C)C2)c(O)c1C3=O. The number of benzene rings is 3. The van der Waals surface area contributed by atoms with Crippen molar-refractivity contribution < 1.29 is 53.8 Å². The van der Waals surface area contributed by atoms with Crippen LogP contribution in [0.15, 0.2) is 42.5 Å². The first-order chi connectivity index (χ1) is 23.3. The van der Waals surface area contributed by atoms with Crippen molar-refractivity contribution in [2.75, 3.05) is 0 Å². The van der Waals surface area contributed by atoms with E-state index >= 15 is 0 Å². The van der Waals surface area contributed by atoms with Crippen molar-refractivity contribution in [2.24, 2.45) is 5.92 Å². The molecule has 2 heterocycles. The van der Waals surface area contributed by atoms with E-state index in [-0.39, 0.29) is 80.8 Å². The van der Waals surface area contributed by atoms with E-state index in [9.17, 15) is 34.8 Å². The first-order valence-corrected chi connectivity index (χ1v) is 16.8. The summed E-state index contributed by atoms with van der Waals surface area (Å²) in [5.74, 6) is -2.68. The van der Waals surface area contributed by atoms with Crippen LogP contribution in [0.4, 0.5) is 0 Å². The smallest absolute Gasteiger partial charge is 0.198 e. The lowest BCUT2D eigenvalue weighted by atomic mass is 9.73. The number of rotatable bonds is 5. The molecule has 9 atom stereocenters. The maximum absolute atomic E-state index is 13.9. The normalized spacial score (nSPS) is 31.5. The average Bonchev–Trinajstić information content (AvgIpc) is 3.04. The second kappa shape index (κ2) is 12.6. The Bertz CT molecular complexity index is 1880. The number of carbonyl (C=O) groups excluding carboxylic acids is 3. The molecule has 1 saturated carbocycles. The zero-order chi connectivity index (χ0) is 34.9. The third kappa shape index (κ3) is 5.83. The molecule has 3 aromatic carbocycles. The Kier molecular flexibility index (Phi) is 8.61. The Morgan fingerprint density at radius 3 is 2.27 bits per heavy atom. The molecule has 0 aromatic heterocycles. The highest BCUT2D eigenvalue weighted by Gasteiger charge is 2.42. The van der Waals surface area contributed by atoms with Crippen molar-refractivity contribution >= 4 is 28.1 Å². The van der Waals surface area contributed by atoms with E-state index in [0.29, 0.717) is 30.4 Å². The van der Waals surface area contributed by atoms with E-state index < -0.39 is 48.2 Å². The van der Waals surface area contributed by atoms with Crippen molar-refractivity contribution in [1.29, 1.82) is 0 Å². The van der Waals surface area contributed by atoms with Crippen LogP contribution in [0.1, 0.15) is 95.3 Å². The number of phenols is 3. The monoisotopic (exact) mass is 672 g/mol. The van der Waals surface area contributed by atoms with E-state index in [1.54, 1.807) is 32.1 Å². The predicted octanol–water partition coefficient (Wildman–Crippen LogP) is 5.08.